The van der Waals surface area contributed by atoms with Crippen LogP contribution in [0.4, 0.5) is 16.3 Å². The Labute approximate surface area is 530 Å². The number of amides is 4. The second-order valence-corrected chi connectivity index (χ2v) is 25.1. The van der Waals surface area contributed by atoms with Crippen LogP contribution >= 0.6 is 11.3 Å². The zero-order chi connectivity index (χ0) is 62.7. The largest absolute Gasteiger partial charge is 0.491 e. The van der Waals surface area contributed by atoms with Crippen molar-refractivity contribution in [2.45, 2.75) is 114 Å². The van der Waals surface area contributed by atoms with E-state index in [1.54, 1.807) is 11.8 Å². The number of fused-ring (bicyclic) bond motifs is 3. The molecule has 11 rings (SSSR count). The van der Waals surface area contributed by atoms with E-state index in [0.29, 0.717) is 85.0 Å². The fraction of sp³-hybridized carbons (Fsp3) is 0.500. The number of aromatic nitrogens is 3. The maximum atomic E-state index is 14.5. The molecule has 6 aromatic rings. The number of likely N-dealkylation sites (tertiary alicyclic amines) is 2. The van der Waals surface area contributed by atoms with E-state index in [2.05, 4.69) is 88.2 Å². The number of nitriles is 1. The monoisotopic (exact) mass is 1250 g/mol. The van der Waals surface area contributed by atoms with Gasteiger partial charge in [0.25, 0.3) is 0 Å². The third kappa shape index (κ3) is 14.6. The van der Waals surface area contributed by atoms with E-state index in [1.807, 2.05) is 40.6 Å². The number of likely N-dealkylation sites (N-methyl/N-ethyl adjacent to an activating group) is 2. The Morgan fingerprint density at radius 3 is 2.36 bits per heavy atom. The van der Waals surface area contributed by atoms with Gasteiger partial charge in [-0.3, -0.25) is 24.2 Å². The number of carbonyl (C=O) groups is 4. The summed E-state index contributed by atoms with van der Waals surface area (Å²) in [5, 5.41) is 29.5. The number of thiazole rings is 1. The Morgan fingerprint density at radius 2 is 1.57 bits per heavy atom. The van der Waals surface area contributed by atoms with Crippen molar-refractivity contribution in [3.8, 4) is 29.1 Å². The fourth-order valence-electron chi connectivity index (χ4n) is 13.6. The van der Waals surface area contributed by atoms with E-state index in [-0.39, 0.29) is 48.4 Å². The van der Waals surface area contributed by atoms with Crippen molar-refractivity contribution in [2.24, 2.45) is 5.92 Å². The van der Waals surface area contributed by atoms with Gasteiger partial charge in [0.15, 0.2) is 0 Å². The number of nitrogens with one attached hydrogen (secondary N) is 1. The van der Waals surface area contributed by atoms with E-state index in [1.165, 1.54) is 35.2 Å². The molecule has 21 nitrogen and oxygen atoms in total. The van der Waals surface area contributed by atoms with Crippen molar-refractivity contribution in [1.29, 1.82) is 5.26 Å². The molecule has 1 saturated carbocycles. The first kappa shape index (κ1) is 63.6. The van der Waals surface area contributed by atoms with Crippen LogP contribution in [-0.2, 0) is 41.6 Å². The molecular formula is C68H83N11O10S. The topological polar surface area (TPSA) is 229 Å². The zero-order valence-corrected chi connectivity index (χ0v) is 52.7. The molecule has 2 aromatic heterocycles. The van der Waals surface area contributed by atoms with Crippen LogP contribution in [-0.4, -0.2) is 193 Å². The van der Waals surface area contributed by atoms with Gasteiger partial charge in [-0.1, -0.05) is 86.5 Å². The quantitative estimate of drug-likeness (QED) is 0.0403. The lowest BCUT2D eigenvalue weighted by molar-refractivity contribution is -0.140. The Morgan fingerprint density at radius 1 is 0.811 bits per heavy atom. The average Bonchev–Trinajstić information content (AvgIpc) is 1.05. The van der Waals surface area contributed by atoms with Gasteiger partial charge < -0.3 is 53.7 Å². The molecule has 0 spiro atoms. The van der Waals surface area contributed by atoms with E-state index >= 15 is 0 Å². The van der Waals surface area contributed by atoms with Crippen molar-refractivity contribution >= 4 is 68.2 Å². The number of hydrogen-bond acceptors (Lipinski definition) is 17. The molecule has 0 unspecified atom stereocenters. The summed E-state index contributed by atoms with van der Waals surface area (Å²) in [6.07, 6.45) is 8.14. The highest BCUT2D eigenvalue weighted by atomic mass is 32.1. The minimum atomic E-state index is -1.20. The number of benzene rings is 4. The maximum Gasteiger partial charge on any atom is 0.407 e. The van der Waals surface area contributed by atoms with Gasteiger partial charge in [0.1, 0.15) is 41.9 Å². The number of ether oxygens (including phenoxy) is 5. The lowest BCUT2D eigenvalue weighted by Crippen LogP contribution is -2.56. The van der Waals surface area contributed by atoms with Gasteiger partial charge in [-0.25, -0.2) is 9.78 Å². The highest BCUT2D eigenvalue weighted by molar-refractivity contribution is 7.10. The molecule has 22 heteroatoms. The number of carbonyl (C=O) groups excluding carboxylic acids is 3. The minimum Gasteiger partial charge on any atom is -0.491 e. The van der Waals surface area contributed by atoms with Crippen LogP contribution in [0, 0.1) is 17.2 Å². The standard InChI is InChI=1S/C68H83N11O10S/c1-5-61(80)78-32-31-77(40-48(78)26-28-69)63-55-27-30-76(58-22-13-18-46-15-9-10-19-51(46)58)42-56(55)71-67(73-63)89-43-49-39-50(41-74(49)3)87-37-35-85-33-34-86-36-38-88-60-25-24-53(52-20-11-12-21-54(52)60)57-44-90-65(70-57)59-23-14-29-79(59)66(82)62(47-16-7-6-8-17-47)72-64(81)45(2)75(4)68(83)84/h5,9-13,15,18-22,24-25,44-45,47-50,59,62H,1,6-8,14,16-17,23,26-27,29-43H2,2-4H3,(H,72,81)(H,83,84)/t45-,48-,49-,50+,59-,62-/m0/s1. The molecule has 4 aromatic carbocycles. The van der Waals surface area contributed by atoms with Crippen LogP contribution in [0.2, 0.25) is 0 Å². The summed E-state index contributed by atoms with van der Waals surface area (Å²) in [4.78, 5) is 79.2. The van der Waals surface area contributed by atoms with E-state index in [0.717, 1.165) is 131 Å². The summed E-state index contributed by atoms with van der Waals surface area (Å²) in [7, 11) is 3.45. The number of piperazine rings is 1. The summed E-state index contributed by atoms with van der Waals surface area (Å²) in [6.45, 7) is 12.2. The number of hydrogen-bond donors (Lipinski definition) is 2. The van der Waals surface area contributed by atoms with Gasteiger partial charge >= 0.3 is 12.1 Å². The van der Waals surface area contributed by atoms with E-state index < -0.39 is 24.1 Å². The van der Waals surface area contributed by atoms with Crippen LogP contribution < -0.4 is 24.6 Å². The van der Waals surface area contributed by atoms with Gasteiger partial charge in [-0.2, -0.15) is 15.2 Å². The Kier molecular flexibility index (Phi) is 21.1. The van der Waals surface area contributed by atoms with Crippen LogP contribution in [0.3, 0.4) is 0 Å². The van der Waals surface area contributed by atoms with Crippen molar-refractivity contribution in [2.75, 3.05) is 109 Å². The summed E-state index contributed by atoms with van der Waals surface area (Å²) in [6, 6.07) is 27.4. The molecule has 2 N–H and O–H groups in total. The molecule has 1 aliphatic carbocycles. The molecule has 0 radical (unpaired) electrons. The third-order valence-electron chi connectivity index (χ3n) is 18.6. The molecule has 4 amide bonds. The van der Waals surface area contributed by atoms with Gasteiger partial charge in [-0.05, 0) is 93.5 Å². The van der Waals surface area contributed by atoms with E-state index in [4.69, 9.17) is 38.6 Å². The normalized spacial score (nSPS) is 20.4. The smallest absolute Gasteiger partial charge is 0.407 e. The minimum absolute atomic E-state index is 0.00521. The molecule has 90 heavy (non-hydrogen) atoms. The summed E-state index contributed by atoms with van der Waals surface area (Å²) >= 11 is 1.54. The van der Waals surface area contributed by atoms with Gasteiger partial charge in [0.2, 0.25) is 17.7 Å². The highest BCUT2D eigenvalue weighted by Crippen LogP contribution is 2.41. The molecular weight excluding hydrogens is 1160 g/mol. The van der Waals surface area contributed by atoms with Crippen molar-refractivity contribution < 1.29 is 48.0 Å². The van der Waals surface area contributed by atoms with Crippen LogP contribution in [0.25, 0.3) is 32.8 Å². The second kappa shape index (κ2) is 29.8. The van der Waals surface area contributed by atoms with E-state index in [9.17, 15) is 29.5 Å². The molecule has 3 saturated heterocycles. The van der Waals surface area contributed by atoms with Crippen molar-refractivity contribution in [3.05, 3.63) is 113 Å². The Hall–Kier alpha value is -7.94. The first-order valence-corrected chi connectivity index (χ1v) is 32.7. The Bertz CT molecular complexity index is 3550. The molecule has 6 heterocycles. The van der Waals surface area contributed by atoms with Crippen molar-refractivity contribution in [1.82, 2.24) is 39.9 Å². The van der Waals surface area contributed by atoms with Crippen molar-refractivity contribution in [3.63, 3.8) is 0 Å². The lowest BCUT2D eigenvalue weighted by atomic mass is 9.83. The van der Waals surface area contributed by atoms with Crippen LogP contribution in [0.5, 0.6) is 11.8 Å². The predicted molar refractivity (Wildman–Crippen MR) is 345 cm³/mol. The summed E-state index contributed by atoms with van der Waals surface area (Å²) in [5.41, 5.74) is 4.92. The van der Waals surface area contributed by atoms with Gasteiger partial charge in [-0.15, -0.1) is 11.3 Å². The third-order valence-corrected chi connectivity index (χ3v) is 19.6. The summed E-state index contributed by atoms with van der Waals surface area (Å²) in [5.74, 6) is 0.755. The number of nitrogens with zero attached hydrogens (tertiary/aromatic N) is 10. The molecule has 6 atom stereocenters. The predicted octanol–water partition coefficient (Wildman–Crippen LogP) is 8.89. The molecule has 4 aliphatic heterocycles. The summed E-state index contributed by atoms with van der Waals surface area (Å²) < 4.78 is 30.9. The first-order chi connectivity index (χ1) is 43.9. The molecule has 4 fully saturated rings. The van der Waals surface area contributed by atoms with Crippen LogP contribution in [0.1, 0.15) is 87.0 Å². The fourth-order valence-corrected chi connectivity index (χ4v) is 14.5. The lowest BCUT2D eigenvalue weighted by Gasteiger charge is -2.42. The number of anilines is 2. The molecule has 0 bridgehead atoms. The average molecular weight is 1250 g/mol. The number of carboxylic acid groups (broad SMARTS) is 1. The molecule has 476 valence electrons. The first-order valence-electron chi connectivity index (χ1n) is 31.8. The zero-order valence-electron chi connectivity index (χ0n) is 51.9. The number of rotatable bonds is 25. The highest BCUT2D eigenvalue weighted by Gasteiger charge is 2.41. The molecule has 5 aliphatic rings. The Balaban J connectivity index is 0.630. The van der Waals surface area contributed by atoms with Gasteiger partial charge in [0, 0.05) is 85.3 Å². The SMILES string of the molecule is C=CC(=O)N1CCN(c2nc(OC[C@@H]3C[C@@H](OCCOCCOCCOc4ccc(-c5csc([C@@H]6CCCN6C(=O)[C@@H](NC(=O)[C@H](C)N(C)C(=O)O)C6CCCCC6)n5)c5ccccc45)CN3C)nc3c2CCN(c2cccc4ccccc24)C3)C[C@@H]1CC#N. The maximum absolute atomic E-state index is 14.5. The second-order valence-electron chi connectivity index (χ2n) is 24.2. The van der Waals surface area contributed by atoms with Crippen LogP contribution in [0.15, 0.2) is 96.9 Å². The van der Waals surface area contributed by atoms with Gasteiger partial charge in [0.05, 0.1) is 81.6 Å².